The van der Waals surface area contributed by atoms with Crippen LogP contribution in [-0.4, -0.2) is 41.8 Å². The molecule has 2 aliphatic heterocycles. The Kier molecular flexibility index (Phi) is 6.52. The molecule has 1 saturated carbocycles. The molecule has 3 aliphatic rings. The van der Waals surface area contributed by atoms with Crippen LogP contribution in [0, 0.1) is 11.7 Å². The molecule has 0 bridgehead atoms. The first kappa shape index (κ1) is 22.8. The van der Waals surface area contributed by atoms with Gasteiger partial charge in [-0.25, -0.2) is 4.39 Å². The predicted octanol–water partition coefficient (Wildman–Crippen LogP) is 3.27. The van der Waals surface area contributed by atoms with Gasteiger partial charge in [0.1, 0.15) is 23.8 Å². The molecule has 2 heterocycles. The van der Waals surface area contributed by atoms with Crippen LogP contribution < -0.4 is 15.4 Å². The number of hydrogen-bond donors (Lipinski definition) is 3. The van der Waals surface area contributed by atoms with E-state index in [-0.39, 0.29) is 55.1 Å². The van der Waals surface area contributed by atoms with E-state index in [1.165, 1.54) is 12.1 Å². The second kappa shape index (κ2) is 9.72. The van der Waals surface area contributed by atoms with Crippen molar-refractivity contribution in [1.82, 2.24) is 5.32 Å². The van der Waals surface area contributed by atoms with Crippen LogP contribution in [0.4, 0.5) is 10.1 Å². The van der Waals surface area contributed by atoms with Crippen LogP contribution in [0.1, 0.15) is 49.1 Å². The van der Waals surface area contributed by atoms with E-state index in [2.05, 4.69) is 10.6 Å². The first-order valence-electron chi connectivity index (χ1n) is 11.9. The smallest absolute Gasteiger partial charge is 0.227 e. The van der Waals surface area contributed by atoms with Crippen LogP contribution in [0.3, 0.4) is 0 Å². The first-order chi connectivity index (χ1) is 16.5. The Hall–Kier alpha value is -2.97. The largest absolute Gasteiger partial charge is 0.487 e. The summed E-state index contributed by atoms with van der Waals surface area (Å²) in [4.78, 5) is 24.9. The number of amides is 2. The van der Waals surface area contributed by atoms with E-state index < -0.39 is 12.2 Å². The summed E-state index contributed by atoms with van der Waals surface area (Å²) in [5.74, 6) is 0.258. The van der Waals surface area contributed by atoms with E-state index in [1.807, 2.05) is 18.2 Å². The monoisotopic (exact) mass is 468 g/mol. The number of anilines is 1. The summed E-state index contributed by atoms with van der Waals surface area (Å²) in [6.45, 7) is 0.0105. The van der Waals surface area contributed by atoms with Crippen LogP contribution in [0.15, 0.2) is 42.5 Å². The van der Waals surface area contributed by atoms with Crippen molar-refractivity contribution in [2.45, 2.75) is 62.9 Å². The lowest BCUT2D eigenvalue weighted by molar-refractivity contribution is -0.142. The number of halogens is 1. The van der Waals surface area contributed by atoms with Crippen molar-refractivity contribution in [3.63, 3.8) is 0 Å². The third kappa shape index (κ3) is 4.79. The average Bonchev–Trinajstić information content (AvgIpc) is 3.14. The molecular formula is C26H29FN2O5. The number of nitrogens with one attached hydrogen (secondary N) is 2. The Morgan fingerprint density at radius 2 is 2.00 bits per heavy atom. The van der Waals surface area contributed by atoms with Gasteiger partial charge in [-0.1, -0.05) is 18.6 Å². The quantitative estimate of drug-likeness (QED) is 0.580. The summed E-state index contributed by atoms with van der Waals surface area (Å²) in [5.41, 5.74) is 2.38. The lowest BCUT2D eigenvalue weighted by Gasteiger charge is -2.37. The molecular weight excluding hydrogens is 439 g/mol. The Morgan fingerprint density at radius 3 is 2.74 bits per heavy atom. The van der Waals surface area contributed by atoms with Crippen molar-refractivity contribution < 1.29 is 28.6 Å². The van der Waals surface area contributed by atoms with E-state index in [0.717, 1.165) is 36.3 Å². The molecule has 2 fully saturated rings. The van der Waals surface area contributed by atoms with Crippen LogP contribution in [0.25, 0.3) is 0 Å². The highest BCUT2D eigenvalue weighted by Gasteiger charge is 2.46. The molecule has 0 aromatic heterocycles. The lowest BCUT2D eigenvalue weighted by atomic mass is 9.83. The van der Waals surface area contributed by atoms with Crippen LogP contribution >= 0.6 is 0 Å². The minimum atomic E-state index is -0.555. The number of rotatable bonds is 7. The number of hydrogen-bond acceptors (Lipinski definition) is 5. The highest BCUT2D eigenvalue weighted by molar-refractivity contribution is 5.93. The lowest BCUT2D eigenvalue weighted by Crippen LogP contribution is -2.47. The van der Waals surface area contributed by atoms with Gasteiger partial charge >= 0.3 is 0 Å². The first-order valence-corrected chi connectivity index (χ1v) is 11.9. The van der Waals surface area contributed by atoms with E-state index in [1.54, 1.807) is 12.1 Å². The topological polar surface area (TPSA) is 96.9 Å². The molecule has 0 radical (unpaired) electrons. The molecule has 2 amide bonds. The molecule has 180 valence electrons. The van der Waals surface area contributed by atoms with Crippen molar-refractivity contribution >= 4 is 17.5 Å². The van der Waals surface area contributed by atoms with Crippen LogP contribution in [-0.2, 0) is 20.9 Å². The highest BCUT2D eigenvalue weighted by Crippen LogP contribution is 2.47. The number of ether oxygens (including phenoxy) is 2. The number of fused-ring (bicyclic) bond motifs is 3. The van der Waals surface area contributed by atoms with Crippen molar-refractivity contribution in [2.24, 2.45) is 5.92 Å². The Balaban J connectivity index is 1.24. The average molecular weight is 469 g/mol. The van der Waals surface area contributed by atoms with Gasteiger partial charge in [-0.2, -0.15) is 0 Å². The summed E-state index contributed by atoms with van der Waals surface area (Å²) in [5, 5.41) is 15.7. The molecule has 2 aromatic carbocycles. The molecule has 8 heteroatoms. The standard InChI is InChI=1S/C26H29FN2O5/c27-17-6-1-3-15(9-17)13-28-24(31)12-19-11-21-20-10-18(29-26(32)16-4-2-5-16)7-8-22(20)34-25(21)23(14-30)33-19/h1,3,6-10,16,19,21,23,25,30H,2,4-5,11-14H2,(H,28,31)(H,29,32)/t19-,21+,23-,25-/m0/s1. The van der Waals surface area contributed by atoms with Gasteiger partial charge < -0.3 is 25.2 Å². The molecule has 2 aromatic rings. The molecule has 4 atom stereocenters. The highest BCUT2D eigenvalue weighted by atomic mass is 19.1. The van der Waals surface area contributed by atoms with Gasteiger partial charge in [0.05, 0.1) is 19.1 Å². The third-order valence-corrected chi connectivity index (χ3v) is 7.03. The fourth-order valence-electron chi connectivity index (χ4n) is 5.01. The molecule has 1 aliphatic carbocycles. The van der Waals surface area contributed by atoms with Crippen LogP contribution in [0.5, 0.6) is 5.75 Å². The zero-order valence-electron chi connectivity index (χ0n) is 18.8. The van der Waals surface area contributed by atoms with E-state index in [9.17, 15) is 19.1 Å². The summed E-state index contributed by atoms with van der Waals surface area (Å²) < 4.78 is 25.5. The van der Waals surface area contributed by atoms with Gasteiger partial charge in [0.2, 0.25) is 11.8 Å². The molecule has 7 nitrogen and oxygen atoms in total. The Labute approximate surface area is 197 Å². The number of carbonyl (C=O) groups excluding carboxylic acids is 2. The van der Waals surface area contributed by atoms with Gasteiger partial charge in [0.15, 0.2) is 0 Å². The normalized spacial score (nSPS) is 25.5. The SMILES string of the molecule is O=C(C[C@@H]1C[C@@H]2c3cc(NC(=O)C4CCC4)ccc3O[C@@H]2[C@H](CO)O1)NCc1cccc(F)c1. The second-order valence-electron chi connectivity index (χ2n) is 9.38. The maximum atomic E-state index is 13.4. The number of aliphatic hydroxyl groups is 1. The number of carbonyl (C=O) groups is 2. The van der Waals surface area contributed by atoms with Crippen molar-refractivity contribution in [3.8, 4) is 5.75 Å². The maximum absolute atomic E-state index is 13.4. The molecule has 0 spiro atoms. The molecule has 1 saturated heterocycles. The minimum Gasteiger partial charge on any atom is -0.487 e. The zero-order valence-corrected chi connectivity index (χ0v) is 18.8. The second-order valence-corrected chi connectivity index (χ2v) is 9.38. The third-order valence-electron chi connectivity index (χ3n) is 7.03. The van der Waals surface area contributed by atoms with E-state index in [0.29, 0.717) is 12.0 Å². The Bertz CT molecular complexity index is 1070. The Morgan fingerprint density at radius 1 is 1.15 bits per heavy atom. The van der Waals surface area contributed by atoms with Gasteiger partial charge in [0.25, 0.3) is 0 Å². The van der Waals surface area contributed by atoms with Gasteiger partial charge in [-0.15, -0.1) is 0 Å². The van der Waals surface area contributed by atoms with Crippen LogP contribution in [0.2, 0.25) is 0 Å². The predicted molar refractivity (Wildman–Crippen MR) is 123 cm³/mol. The van der Waals surface area contributed by atoms with Crippen molar-refractivity contribution in [1.29, 1.82) is 0 Å². The number of benzene rings is 2. The summed E-state index contributed by atoms with van der Waals surface area (Å²) in [6, 6.07) is 11.7. The number of aliphatic hydroxyl groups excluding tert-OH is 1. The molecule has 3 N–H and O–H groups in total. The summed E-state index contributed by atoms with van der Waals surface area (Å²) in [7, 11) is 0. The fourth-order valence-corrected chi connectivity index (χ4v) is 5.01. The van der Waals surface area contributed by atoms with Crippen molar-refractivity contribution in [3.05, 3.63) is 59.4 Å². The minimum absolute atomic E-state index is 0.0507. The molecule has 34 heavy (non-hydrogen) atoms. The molecule has 5 rings (SSSR count). The van der Waals surface area contributed by atoms with Gasteiger partial charge in [-0.3, -0.25) is 9.59 Å². The van der Waals surface area contributed by atoms with Gasteiger partial charge in [-0.05, 0) is 55.2 Å². The van der Waals surface area contributed by atoms with E-state index >= 15 is 0 Å². The fraction of sp³-hybridized carbons (Fsp3) is 0.462. The molecule has 0 unspecified atom stereocenters. The zero-order chi connectivity index (χ0) is 23.7. The van der Waals surface area contributed by atoms with Crippen molar-refractivity contribution in [2.75, 3.05) is 11.9 Å². The maximum Gasteiger partial charge on any atom is 0.227 e. The van der Waals surface area contributed by atoms with Gasteiger partial charge in [0, 0.05) is 29.6 Å². The van der Waals surface area contributed by atoms with E-state index in [4.69, 9.17) is 9.47 Å². The summed E-state index contributed by atoms with van der Waals surface area (Å²) in [6.07, 6.45) is 2.36. The summed E-state index contributed by atoms with van der Waals surface area (Å²) >= 11 is 0.